The predicted molar refractivity (Wildman–Crippen MR) is 82.7 cm³/mol. The quantitative estimate of drug-likeness (QED) is 0.808. The van der Waals surface area contributed by atoms with Crippen molar-refractivity contribution < 1.29 is 14.3 Å². The number of anilines is 1. The van der Waals surface area contributed by atoms with E-state index in [0.29, 0.717) is 25.7 Å². The molecule has 1 aliphatic rings. The average molecular weight is 292 g/mol. The molecule has 0 atom stereocenters. The van der Waals surface area contributed by atoms with Gasteiger partial charge in [0.2, 0.25) is 5.91 Å². The SMILES string of the molecule is CCOc1cccc(NC(=O)CCOC2CCNCC2)c1. The van der Waals surface area contributed by atoms with E-state index in [2.05, 4.69) is 10.6 Å². The van der Waals surface area contributed by atoms with E-state index in [0.717, 1.165) is 37.4 Å². The van der Waals surface area contributed by atoms with Gasteiger partial charge in [-0.2, -0.15) is 0 Å². The molecule has 2 N–H and O–H groups in total. The molecule has 5 heteroatoms. The van der Waals surface area contributed by atoms with E-state index >= 15 is 0 Å². The highest BCUT2D eigenvalue weighted by Crippen LogP contribution is 2.17. The number of hydrogen-bond donors (Lipinski definition) is 2. The molecule has 1 fully saturated rings. The Kier molecular flexibility index (Phi) is 6.50. The van der Waals surface area contributed by atoms with Gasteiger partial charge in [0.1, 0.15) is 5.75 Å². The lowest BCUT2D eigenvalue weighted by molar-refractivity contribution is -0.117. The van der Waals surface area contributed by atoms with E-state index in [9.17, 15) is 4.79 Å². The van der Waals surface area contributed by atoms with Gasteiger partial charge in [-0.1, -0.05) is 6.07 Å². The fraction of sp³-hybridized carbons (Fsp3) is 0.562. The molecule has 116 valence electrons. The molecule has 0 radical (unpaired) electrons. The Hall–Kier alpha value is -1.59. The summed E-state index contributed by atoms with van der Waals surface area (Å²) in [6.45, 7) is 5.02. The molecule has 21 heavy (non-hydrogen) atoms. The summed E-state index contributed by atoms with van der Waals surface area (Å²) in [5.41, 5.74) is 0.757. The lowest BCUT2D eigenvalue weighted by Gasteiger charge is -2.22. The monoisotopic (exact) mass is 292 g/mol. The van der Waals surface area contributed by atoms with Crippen LogP contribution in [0.1, 0.15) is 26.2 Å². The van der Waals surface area contributed by atoms with Crippen LogP contribution in [0, 0.1) is 0 Å². The van der Waals surface area contributed by atoms with Crippen molar-refractivity contribution >= 4 is 11.6 Å². The van der Waals surface area contributed by atoms with Crippen molar-refractivity contribution in [1.82, 2.24) is 5.32 Å². The first-order valence-corrected chi connectivity index (χ1v) is 7.63. The molecule has 0 unspecified atom stereocenters. The Labute approximate surface area is 126 Å². The molecule has 0 spiro atoms. The molecule has 1 aromatic carbocycles. The van der Waals surface area contributed by atoms with Crippen LogP contribution in [-0.2, 0) is 9.53 Å². The summed E-state index contributed by atoms with van der Waals surface area (Å²) < 4.78 is 11.1. The number of rotatable bonds is 7. The minimum absolute atomic E-state index is 0.0300. The highest BCUT2D eigenvalue weighted by Gasteiger charge is 2.13. The maximum absolute atomic E-state index is 11.9. The minimum atomic E-state index is -0.0300. The third-order valence-corrected chi connectivity index (χ3v) is 3.40. The second kappa shape index (κ2) is 8.64. The van der Waals surface area contributed by atoms with Crippen LogP contribution in [-0.4, -0.2) is 38.3 Å². The maximum Gasteiger partial charge on any atom is 0.226 e. The van der Waals surface area contributed by atoms with Crippen LogP contribution in [0.25, 0.3) is 0 Å². The molecular formula is C16H24N2O3. The van der Waals surface area contributed by atoms with E-state index in [1.165, 1.54) is 0 Å². The van der Waals surface area contributed by atoms with Crippen LogP contribution >= 0.6 is 0 Å². The van der Waals surface area contributed by atoms with Gasteiger partial charge in [-0.05, 0) is 45.0 Å². The summed E-state index contributed by atoms with van der Waals surface area (Å²) in [6, 6.07) is 7.43. The second-order valence-electron chi connectivity index (χ2n) is 5.08. The third-order valence-electron chi connectivity index (χ3n) is 3.40. The van der Waals surface area contributed by atoms with Crippen LogP contribution in [0.2, 0.25) is 0 Å². The summed E-state index contributed by atoms with van der Waals surface area (Å²) in [6.07, 6.45) is 2.72. The summed E-state index contributed by atoms with van der Waals surface area (Å²) >= 11 is 0. The zero-order valence-corrected chi connectivity index (χ0v) is 12.6. The Morgan fingerprint density at radius 1 is 1.38 bits per heavy atom. The Morgan fingerprint density at radius 2 is 2.19 bits per heavy atom. The van der Waals surface area contributed by atoms with Crippen molar-refractivity contribution in [2.24, 2.45) is 0 Å². The normalized spacial score (nSPS) is 15.7. The molecule has 2 rings (SSSR count). The molecule has 1 saturated heterocycles. The molecule has 1 heterocycles. The first-order valence-electron chi connectivity index (χ1n) is 7.63. The highest BCUT2D eigenvalue weighted by atomic mass is 16.5. The van der Waals surface area contributed by atoms with Crippen molar-refractivity contribution in [3.05, 3.63) is 24.3 Å². The van der Waals surface area contributed by atoms with E-state index < -0.39 is 0 Å². The van der Waals surface area contributed by atoms with E-state index in [4.69, 9.17) is 9.47 Å². The first-order chi connectivity index (χ1) is 10.3. The zero-order chi connectivity index (χ0) is 14.9. The van der Waals surface area contributed by atoms with Crippen LogP contribution in [0.5, 0.6) is 5.75 Å². The van der Waals surface area contributed by atoms with Crippen LogP contribution < -0.4 is 15.4 Å². The molecule has 1 amide bonds. The smallest absolute Gasteiger partial charge is 0.226 e. The van der Waals surface area contributed by atoms with Crippen LogP contribution in [0.15, 0.2) is 24.3 Å². The molecule has 0 aromatic heterocycles. The third kappa shape index (κ3) is 5.73. The molecule has 1 aliphatic heterocycles. The number of amides is 1. The van der Waals surface area contributed by atoms with Gasteiger partial charge >= 0.3 is 0 Å². The molecule has 0 bridgehead atoms. The average Bonchev–Trinajstić information content (AvgIpc) is 2.49. The molecule has 5 nitrogen and oxygen atoms in total. The lowest BCUT2D eigenvalue weighted by Crippen LogP contribution is -2.33. The highest BCUT2D eigenvalue weighted by molar-refractivity contribution is 5.90. The van der Waals surface area contributed by atoms with Gasteiger partial charge in [0.15, 0.2) is 0 Å². The second-order valence-corrected chi connectivity index (χ2v) is 5.08. The number of benzene rings is 1. The number of carbonyl (C=O) groups is 1. The number of carbonyl (C=O) groups excluding carboxylic acids is 1. The van der Waals surface area contributed by atoms with Gasteiger partial charge in [0.25, 0.3) is 0 Å². The lowest BCUT2D eigenvalue weighted by atomic mass is 10.1. The van der Waals surface area contributed by atoms with Crippen LogP contribution in [0.4, 0.5) is 5.69 Å². The largest absolute Gasteiger partial charge is 0.494 e. The van der Waals surface area contributed by atoms with Gasteiger partial charge in [-0.15, -0.1) is 0 Å². The van der Waals surface area contributed by atoms with Gasteiger partial charge in [-0.25, -0.2) is 0 Å². The van der Waals surface area contributed by atoms with Gasteiger partial charge in [-0.3, -0.25) is 4.79 Å². The maximum atomic E-state index is 11.9. The molecular weight excluding hydrogens is 268 g/mol. The van der Waals surface area contributed by atoms with Gasteiger partial charge < -0.3 is 20.1 Å². The number of piperidine rings is 1. The molecule has 0 saturated carbocycles. The fourth-order valence-electron chi connectivity index (χ4n) is 2.33. The van der Waals surface area contributed by atoms with Gasteiger partial charge in [0.05, 0.1) is 25.7 Å². The Morgan fingerprint density at radius 3 is 2.95 bits per heavy atom. The van der Waals surface area contributed by atoms with E-state index in [1.54, 1.807) is 0 Å². The van der Waals surface area contributed by atoms with E-state index in [-0.39, 0.29) is 5.91 Å². The number of hydrogen-bond acceptors (Lipinski definition) is 4. The van der Waals surface area contributed by atoms with E-state index in [1.807, 2.05) is 31.2 Å². The summed E-state index contributed by atoms with van der Waals surface area (Å²) in [5, 5.41) is 6.16. The van der Waals surface area contributed by atoms with Crippen molar-refractivity contribution in [1.29, 1.82) is 0 Å². The predicted octanol–water partition coefficient (Wildman–Crippen LogP) is 2.18. The van der Waals surface area contributed by atoms with Crippen molar-refractivity contribution in [3.63, 3.8) is 0 Å². The van der Waals surface area contributed by atoms with Crippen molar-refractivity contribution in [3.8, 4) is 5.75 Å². The number of nitrogens with one attached hydrogen (secondary N) is 2. The minimum Gasteiger partial charge on any atom is -0.494 e. The summed E-state index contributed by atoms with van der Waals surface area (Å²) in [5.74, 6) is 0.735. The Balaban J connectivity index is 1.70. The number of ether oxygens (including phenoxy) is 2. The first kappa shape index (κ1) is 15.8. The van der Waals surface area contributed by atoms with Crippen molar-refractivity contribution in [2.75, 3.05) is 31.6 Å². The Bertz CT molecular complexity index is 445. The molecule has 1 aromatic rings. The van der Waals surface area contributed by atoms with Gasteiger partial charge in [0, 0.05) is 11.8 Å². The van der Waals surface area contributed by atoms with Crippen molar-refractivity contribution in [2.45, 2.75) is 32.3 Å². The molecule has 0 aliphatic carbocycles. The zero-order valence-electron chi connectivity index (χ0n) is 12.6. The summed E-state index contributed by atoms with van der Waals surface area (Å²) in [4.78, 5) is 11.9. The fourth-order valence-corrected chi connectivity index (χ4v) is 2.33. The van der Waals surface area contributed by atoms with Crippen LogP contribution in [0.3, 0.4) is 0 Å². The summed E-state index contributed by atoms with van der Waals surface area (Å²) in [7, 11) is 0. The standard InChI is InChI=1S/C16H24N2O3/c1-2-20-15-5-3-4-13(12-15)18-16(19)8-11-21-14-6-9-17-10-7-14/h3-5,12,14,17H,2,6-11H2,1H3,(H,18,19). The topological polar surface area (TPSA) is 59.6 Å².